The van der Waals surface area contributed by atoms with Crippen molar-refractivity contribution in [1.82, 2.24) is 5.32 Å². The summed E-state index contributed by atoms with van der Waals surface area (Å²) in [6.07, 6.45) is 2.98. The molecule has 0 radical (unpaired) electrons. The molecule has 2 rings (SSSR count). The molecule has 0 unspecified atom stereocenters. The van der Waals surface area contributed by atoms with Crippen molar-refractivity contribution in [3.05, 3.63) is 87.5 Å². The number of hydrogen-bond donors (Lipinski definition) is 1. The number of rotatable bonds is 6. The summed E-state index contributed by atoms with van der Waals surface area (Å²) in [5.41, 5.74) is 1.12. The molecule has 0 fully saturated rings. The number of ether oxygens (including phenoxy) is 1. The second-order valence-electron chi connectivity index (χ2n) is 4.93. The Morgan fingerprint density at radius 3 is 2.48 bits per heavy atom. The largest absolute Gasteiger partial charge is 0.457 e. The third-order valence-corrected chi connectivity index (χ3v) is 4.04. The van der Waals surface area contributed by atoms with Gasteiger partial charge in [0.2, 0.25) is 0 Å². The van der Waals surface area contributed by atoms with Crippen LogP contribution in [0.4, 0.5) is 0 Å². The number of carbonyl (C=O) groups is 2. The van der Waals surface area contributed by atoms with Crippen LogP contribution in [0, 0.1) is 0 Å². The van der Waals surface area contributed by atoms with Gasteiger partial charge >= 0.3 is 5.97 Å². The Kier molecular flexibility index (Phi) is 6.98. The Bertz CT molecular complexity index is 816. The van der Waals surface area contributed by atoms with Gasteiger partial charge in [0.05, 0.1) is 5.56 Å². The lowest BCUT2D eigenvalue weighted by atomic mass is 10.1. The van der Waals surface area contributed by atoms with Crippen molar-refractivity contribution in [1.29, 1.82) is 0 Å². The van der Waals surface area contributed by atoms with Crippen molar-refractivity contribution >= 4 is 45.5 Å². The Morgan fingerprint density at radius 2 is 1.84 bits per heavy atom. The summed E-state index contributed by atoms with van der Waals surface area (Å²) < 4.78 is 5.66. The van der Waals surface area contributed by atoms with Crippen molar-refractivity contribution in [2.45, 2.75) is 0 Å². The highest BCUT2D eigenvalue weighted by Crippen LogP contribution is 2.17. The molecule has 2 aromatic rings. The molecule has 1 amide bonds. The quantitative estimate of drug-likeness (QED) is 0.422. The van der Waals surface area contributed by atoms with Crippen LogP contribution in [0.25, 0.3) is 6.08 Å². The summed E-state index contributed by atoms with van der Waals surface area (Å²) in [4.78, 5) is 24.7. The number of nitrogens with one attached hydrogen (secondary N) is 1. The van der Waals surface area contributed by atoms with E-state index >= 15 is 0 Å². The minimum atomic E-state index is -0.657. The standard InChI is InChI=1S/C19H15BrClNO3/c1-2-11-25-19(24)17(12-13-7-9-14(21)10-8-13)22-18(23)15-5-3-4-6-16(15)20/h2-10,12H,1,11H2,(H,22,23)/b17-12+. The molecule has 1 N–H and O–H groups in total. The van der Waals surface area contributed by atoms with Gasteiger partial charge in [-0.1, -0.05) is 48.5 Å². The summed E-state index contributed by atoms with van der Waals surface area (Å²) in [5.74, 6) is -1.08. The van der Waals surface area contributed by atoms with E-state index in [2.05, 4.69) is 27.8 Å². The highest BCUT2D eigenvalue weighted by molar-refractivity contribution is 9.10. The van der Waals surface area contributed by atoms with Crippen LogP contribution in [0.1, 0.15) is 15.9 Å². The molecule has 0 saturated heterocycles. The van der Waals surface area contributed by atoms with Crippen molar-refractivity contribution in [2.75, 3.05) is 6.61 Å². The first-order valence-corrected chi connectivity index (χ1v) is 8.49. The highest BCUT2D eigenvalue weighted by atomic mass is 79.9. The van der Waals surface area contributed by atoms with E-state index in [-0.39, 0.29) is 12.3 Å². The molecular formula is C19H15BrClNO3. The first-order valence-electron chi connectivity index (χ1n) is 7.32. The van der Waals surface area contributed by atoms with E-state index in [1.807, 2.05) is 0 Å². The zero-order valence-corrected chi connectivity index (χ0v) is 15.5. The monoisotopic (exact) mass is 419 g/mol. The summed E-state index contributed by atoms with van der Waals surface area (Å²) in [7, 11) is 0. The SMILES string of the molecule is C=CCOC(=O)/C(=C\c1ccc(Cl)cc1)NC(=O)c1ccccc1Br. The summed E-state index contributed by atoms with van der Waals surface area (Å²) in [6, 6.07) is 13.8. The molecule has 6 heteroatoms. The molecular weight excluding hydrogens is 406 g/mol. The molecule has 0 saturated carbocycles. The Balaban J connectivity index is 2.29. The third kappa shape index (κ3) is 5.59. The van der Waals surface area contributed by atoms with E-state index in [9.17, 15) is 9.59 Å². The van der Waals surface area contributed by atoms with Gasteiger partial charge in [0.1, 0.15) is 12.3 Å². The van der Waals surface area contributed by atoms with Gasteiger partial charge in [-0.15, -0.1) is 0 Å². The summed E-state index contributed by atoms with van der Waals surface area (Å²) in [6.45, 7) is 3.54. The first kappa shape index (κ1) is 19.0. The molecule has 0 aliphatic carbocycles. The van der Waals surface area contributed by atoms with Crippen LogP contribution in [0.3, 0.4) is 0 Å². The minimum absolute atomic E-state index is 0.0184. The molecule has 0 atom stereocenters. The number of benzene rings is 2. The second kappa shape index (κ2) is 9.20. The van der Waals surface area contributed by atoms with Gasteiger partial charge < -0.3 is 10.1 Å². The molecule has 2 aromatic carbocycles. The fourth-order valence-electron chi connectivity index (χ4n) is 1.92. The van der Waals surface area contributed by atoms with E-state index in [0.29, 0.717) is 20.6 Å². The molecule has 0 spiro atoms. The van der Waals surface area contributed by atoms with Gasteiger partial charge in [-0.3, -0.25) is 4.79 Å². The first-order chi connectivity index (χ1) is 12.0. The minimum Gasteiger partial charge on any atom is -0.457 e. The lowest BCUT2D eigenvalue weighted by molar-refractivity contribution is -0.138. The van der Waals surface area contributed by atoms with E-state index in [1.54, 1.807) is 48.5 Å². The van der Waals surface area contributed by atoms with Crippen molar-refractivity contribution < 1.29 is 14.3 Å². The molecule has 0 heterocycles. The maximum atomic E-state index is 12.5. The van der Waals surface area contributed by atoms with Crippen LogP contribution < -0.4 is 5.32 Å². The fraction of sp³-hybridized carbons (Fsp3) is 0.0526. The highest BCUT2D eigenvalue weighted by Gasteiger charge is 2.17. The third-order valence-electron chi connectivity index (χ3n) is 3.10. The maximum Gasteiger partial charge on any atom is 0.355 e. The predicted octanol–water partition coefficient (Wildman–Crippen LogP) is 4.60. The predicted molar refractivity (Wildman–Crippen MR) is 102 cm³/mol. The molecule has 128 valence electrons. The molecule has 4 nitrogen and oxygen atoms in total. The van der Waals surface area contributed by atoms with Gasteiger partial charge in [-0.25, -0.2) is 4.79 Å². The van der Waals surface area contributed by atoms with Crippen molar-refractivity contribution in [3.63, 3.8) is 0 Å². The molecule has 0 aliphatic rings. The van der Waals surface area contributed by atoms with Crippen LogP contribution in [-0.2, 0) is 9.53 Å². The normalized spacial score (nSPS) is 10.9. The van der Waals surface area contributed by atoms with E-state index in [4.69, 9.17) is 16.3 Å². The topological polar surface area (TPSA) is 55.4 Å². The van der Waals surface area contributed by atoms with Crippen molar-refractivity contribution in [2.24, 2.45) is 0 Å². The molecule has 0 bridgehead atoms. The van der Waals surface area contributed by atoms with E-state index in [1.165, 1.54) is 12.2 Å². The van der Waals surface area contributed by atoms with Gasteiger partial charge in [-0.2, -0.15) is 0 Å². The summed E-state index contributed by atoms with van der Waals surface area (Å²) in [5, 5.41) is 3.17. The van der Waals surface area contributed by atoms with Gasteiger partial charge in [-0.05, 0) is 51.8 Å². The van der Waals surface area contributed by atoms with E-state index in [0.717, 1.165) is 0 Å². The lowest BCUT2D eigenvalue weighted by Gasteiger charge is -2.10. The molecule has 0 aromatic heterocycles. The average Bonchev–Trinajstić information content (AvgIpc) is 2.61. The molecule has 0 aliphatic heterocycles. The van der Waals surface area contributed by atoms with E-state index < -0.39 is 11.9 Å². The zero-order valence-electron chi connectivity index (χ0n) is 13.2. The number of halogens is 2. The average molecular weight is 421 g/mol. The Morgan fingerprint density at radius 1 is 1.16 bits per heavy atom. The maximum absolute atomic E-state index is 12.5. The number of amides is 1. The van der Waals surface area contributed by atoms with Crippen LogP contribution >= 0.6 is 27.5 Å². The number of hydrogen-bond acceptors (Lipinski definition) is 3. The summed E-state index contributed by atoms with van der Waals surface area (Å²) >= 11 is 9.18. The van der Waals surface area contributed by atoms with Gasteiger partial charge in [0.25, 0.3) is 5.91 Å². The lowest BCUT2D eigenvalue weighted by Crippen LogP contribution is -2.28. The van der Waals surface area contributed by atoms with Crippen LogP contribution in [0.5, 0.6) is 0 Å². The number of esters is 1. The van der Waals surface area contributed by atoms with Gasteiger partial charge in [0.15, 0.2) is 0 Å². The Labute approximate surface area is 159 Å². The smallest absolute Gasteiger partial charge is 0.355 e. The van der Waals surface area contributed by atoms with Crippen LogP contribution in [0.15, 0.2) is 71.4 Å². The zero-order chi connectivity index (χ0) is 18.2. The van der Waals surface area contributed by atoms with Crippen LogP contribution in [0.2, 0.25) is 5.02 Å². The second-order valence-corrected chi connectivity index (χ2v) is 6.22. The van der Waals surface area contributed by atoms with Crippen LogP contribution in [-0.4, -0.2) is 18.5 Å². The van der Waals surface area contributed by atoms with Crippen molar-refractivity contribution in [3.8, 4) is 0 Å². The Hall–Kier alpha value is -2.37. The fourth-order valence-corrected chi connectivity index (χ4v) is 2.51. The van der Waals surface area contributed by atoms with Gasteiger partial charge in [0, 0.05) is 9.50 Å². The molecule has 25 heavy (non-hydrogen) atoms. The number of carbonyl (C=O) groups excluding carboxylic acids is 2.